The summed E-state index contributed by atoms with van der Waals surface area (Å²) in [6, 6.07) is 12.8. The van der Waals surface area contributed by atoms with E-state index < -0.39 is 30.2 Å². The molecule has 0 unspecified atom stereocenters. The van der Waals surface area contributed by atoms with E-state index >= 15 is 0 Å². The second-order valence-electron chi connectivity index (χ2n) is 6.52. The zero-order valence-corrected chi connectivity index (χ0v) is 16.0. The largest absolute Gasteiger partial charge is 0.393 e. The van der Waals surface area contributed by atoms with E-state index in [9.17, 15) is 26.7 Å². The lowest BCUT2D eigenvalue weighted by atomic mass is 10.0. The van der Waals surface area contributed by atoms with Crippen LogP contribution in [0.3, 0.4) is 0 Å². The van der Waals surface area contributed by atoms with Gasteiger partial charge in [-0.25, -0.2) is 13.8 Å². The Kier molecular flexibility index (Phi) is 5.67. The summed E-state index contributed by atoms with van der Waals surface area (Å²) < 4.78 is 70.0. The van der Waals surface area contributed by atoms with Gasteiger partial charge in [-0.05, 0) is 60.7 Å². The van der Waals surface area contributed by atoms with Crippen LogP contribution in [-0.4, -0.2) is 27.9 Å². The summed E-state index contributed by atoms with van der Waals surface area (Å²) in [5.41, 5.74) is 1.06. The minimum Gasteiger partial charge on any atom is -0.393 e. The number of hydrogen-bond acceptors (Lipinski definition) is 4. The predicted octanol–water partition coefficient (Wildman–Crippen LogP) is 5.71. The third-order valence-corrected chi connectivity index (χ3v) is 4.47. The average Bonchev–Trinajstić information content (AvgIpc) is 3.10. The minimum absolute atomic E-state index is 0.113. The average molecular weight is 445 g/mol. The van der Waals surface area contributed by atoms with Gasteiger partial charge < -0.3 is 4.74 Å². The Morgan fingerprint density at radius 3 is 2.12 bits per heavy atom. The molecule has 0 bridgehead atoms. The van der Waals surface area contributed by atoms with Gasteiger partial charge >= 0.3 is 12.8 Å². The van der Waals surface area contributed by atoms with Crippen molar-refractivity contribution in [3.63, 3.8) is 0 Å². The molecule has 2 aromatic carbocycles. The Morgan fingerprint density at radius 2 is 1.50 bits per heavy atom. The van der Waals surface area contributed by atoms with Gasteiger partial charge in [-0.15, -0.1) is 4.39 Å². The molecule has 4 rings (SSSR count). The molecular weight excluding hydrogens is 433 g/mol. The maximum atomic E-state index is 13.7. The Balaban J connectivity index is 1.87. The third kappa shape index (κ3) is 4.34. The first-order valence-corrected chi connectivity index (χ1v) is 9.09. The zero-order valence-electron chi connectivity index (χ0n) is 16.0. The van der Waals surface area contributed by atoms with Gasteiger partial charge in [0.15, 0.2) is 11.6 Å². The Bertz CT molecular complexity index is 1320. The molecule has 2 aromatic heterocycles. The molecule has 0 aliphatic rings. The number of aliphatic imine (C=N–C) groups is 1. The molecule has 0 aliphatic heterocycles. The molecule has 0 atom stereocenters. The van der Waals surface area contributed by atoms with Crippen molar-refractivity contribution in [3.05, 3.63) is 89.6 Å². The molecule has 4 aromatic rings. The van der Waals surface area contributed by atoms with Crippen molar-refractivity contribution in [2.24, 2.45) is 4.99 Å². The minimum atomic E-state index is -3.43. The maximum absolute atomic E-state index is 13.7. The predicted molar refractivity (Wildman–Crippen MR) is 106 cm³/mol. The second kappa shape index (κ2) is 8.58. The number of carbonyl (C=O) groups excluding carboxylic acids is 1. The number of hydrogen-bond donors (Lipinski definition) is 0. The quantitative estimate of drug-likeness (QED) is 0.171. The molecular formula is C22H12F5N3O2. The van der Waals surface area contributed by atoms with E-state index in [1.807, 2.05) is 0 Å². The summed E-state index contributed by atoms with van der Waals surface area (Å²) >= 11 is 0. The number of halogens is 5. The van der Waals surface area contributed by atoms with Crippen molar-refractivity contribution in [1.82, 2.24) is 9.38 Å². The number of ether oxygens (including phenoxy) is 1. The van der Waals surface area contributed by atoms with Gasteiger partial charge in [0.05, 0.1) is 5.69 Å². The molecule has 162 valence electrons. The van der Waals surface area contributed by atoms with Crippen LogP contribution in [0.4, 0.5) is 27.8 Å². The molecule has 0 saturated carbocycles. The van der Waals surface area contributed by atoms with Gasteiger partial charge in [-0.2, -0.15) is 13.8 Å². The number of fused-ring (bicyclic) bond motifs is 1. The molecule has 0 amide bonds. The Labute approximate surface area is 177 Å². The Hall–Kier alpha value is -4.08. The second-order valence-corrected chi connectivity index (χ2v) is 6.52. The van der Waals surface area contributed by atoms with Gasteiger partial charge in [-0.3, -0.25) is 9.20 Å². The van der Waals surface area contributed by atoms with Crippen LogP contribution in [-0.2, 0) is 4.74 Å². The molecule has 10 heteroatoms. The van der Waals surface area contributed by atoms with E-state index in [2.05, 4.69) is 14.7 Å². The molecule has 0 N–H and O–H groups in total. The Morgan fingerprint density at radius 1 is 0.906 bits per heavy atom. The van der Waals surface area contributed by atoms with Gasteiger partial charge in [0.25, 0.3) is 0 Å². The number of imidazole rings is 1. The van der Waals surface area contributed by atoms with E-state index in [-0.39, 0.29) is 28.3 Å². The molecule has 0 aliphatic carbocycles. The first-order chi connectivity index (χ1) is 15.3. The van der Waals surface area contributed by atoms with E-state index in [4.69, 9.17) is 0 Å². The molecule has 2 heterocycles. The lowest BCUT2D eigenvalue weighted by Gasteiger charge is -2.06. The van der Waals surface area contributed by atoms with E-state index in [0.717, 1.165) is 24.3 Å². The number of aromatic nitrogens is 2. The smallest absolute Gasteiger partial charge is 0.390 e. The molecule has 5 nitrogen and oxygen atoms in total. The van der Waals surface area contributed by atoms with Crippen LogP contribution in [0.1, 0.15) is 15.9 Å². The van der Waals surface area contributed by atoms with Crippen LogP contribution < -0.4 is 0 Å². The fourth-order valence-corrected chi connectivity index (χ4v) is 3.07. The molecule has 0 radical (unpaired) electrons. The summed E-state index contributed by atoms with van der Waals surface area (Å²) in [6.07, 6.45) is -0.424. The lowest BCUT2D eigenvalue weighted by Crippen LogP contribution is -2.04. The van der Waals surface area contributed by atoms with Crippen molar-refractivity contribution in [1.29, 1.82) is 0 Å². The van der Waals surface area contributed by atoms with Crippen LogP contribution in [0.25, 0.3) is 16.9 Å². The number of rotatable bonds is 5. The number of ketones is 1. The SMILES string of the molecule is O=C(c1ccc(F)cc1)c1ccc2nc(N=C(F)OC(F)F)c(-c3ccc(F)cc3)n2c1. The first-order valence-electron chi connectivity index (χ1n) is 9.09. The van der Waals surface area contributed by atoms with E-state index in [1.54, 1.807) is 0 Å². The highest BCUT2D eigenvalue weighted by Gasteiger charge is 2.19. The van der Waals surface area contributed by atoms with Crippen LogP contribution in [0.5, 0.6) is 0 Å². The van der Waals surface area contributed by atoms with Gasteiger partial charge in [0, 0.05) is 22.9 Å². The van der Waals surface area contributed by atoms with Gasteiger partial charge in [0.2, 0.25) is 0 Å². The topological polar surface area (TPSA) is 56.0 Å². The third-order valence-electron chi connectivity index (χ3n) is 4.47. The number of alkyl halides is 2. The highest BCUT2D eigenvalue weighted by molar-refractivity contribution is 6.09. The van der Waals surface area contributed by atoms with Crippen molar-refractivity contribution in [2.45, 2.75) is 6.61 Å². The summed E-state index contributed by atoms with van der Waals surface area (Å²) in [7, 11) is 0. The molecule has 32 heavy (non-hydrogen) atoms. The fourth-order valence-electron chi connectivity index (χ4n) is 3.07. The van der Waals surface area contributed by atoms with Crippen LogP contribution in [0, 0.1) is 11.6 Å². The molecule has 0 saturated heterocycles. The standard InChI is InChI=1S/C22H12F5N3O2/c23-15-6-1-12(2-7-15)18-20(29-22(27)32-21(25)26)28-17-10-5-14(11-30(17)18)19(31)13-3-8-16(24)9-4-13/h1-11,21H. The van der Waals surface area contributed by atoms with Crippen LogP contribution >= 0.6 is 0 Å². The molecule has 0 fully saturated rings. The fraction of sp³-hybridized carbons (Fsp3) is 0.0455. The first kappa shape index (κ1) is 21.2. The van der Waals surface area contributed by atoms with Crippen molar-refractivity contribution in [3.8, 4) is 11.3 Å². The molecule has 0 spiro atoms. The van der Waals surface area contributed by atoms with Gasteiger partial charge in [-0.1, -0.05) is 0 Å². The van der Waals surface area contributed by atoms with E-state index in [0.29, 0.717) is 5.56 Å². The van der Waals surface area contributed by atoms with Crippen LogP contribution in [0.2, 0.25) is 0 Å². The highest BCUT2D eigenvalue weighted by atomic mass is 19.3. The maximum Gasteiger partial charge on any atom is 0.390 e. The number of benzene rings is 2. The van der Waals surface area contributed by atoms with Crippen molar-refractivity contribution >= 4 is 23.4 Å². The van der Waals surface area contributed by atoms with Crippen molar-refractivity contribution in [2.75, 3.05) is 0 Å². The van der Waals surface area contributed by atoms with Crippen molar-refractivity contribution < 1.29 is 31.5 Å². The zero-order chi connectivity index (χ0) is 22.8. The normalized spacial score (nSPS) is 11.9. The van der Waals surface area contributed by atoms with Gasteiger partial charge in [0.1, 0.15) is 17.3 Å². The summed E-state index contributed by atoms with van der Waals surface area (Å²) in [4.78, 5) is 20.3. The number of nitrogens with zero attached hydrogens (tertiary/aromatic N) is 3. The summed E-state index contributed by atoms with van der Waals surface area (Å²) in [5.74, 6) is -1.78. The number of carbonyl (C=O) groups is 1. The lowest BCUT2D eigenvalue weighted by molar-refractivity contribution is -0.0688. The van der Waals surface area contributed by atoms with E-state index in [1.165, 1.54) is 47.0 Å². The highest BCUT2D eigenvalue weighted by Crippen LogP contribution is 2.32. The van der Waals surface area contributed by atoms with Crippen LogP contribution in [0.15, 0.2) is 71.9 Å². The number of pyridine rings is 1. The summed E-state index contributed by atoms with van der Waals surface area (Å²) in [5, 5.41) is 0. The summed E-state index contributed by atoms with van der Waals surface area (Å²) in [6.45, 7) is -3.43. The monoisotopic (exact) mass is 445 g/mol.